The molecule has 1 aromatic carbocycles. The van der Waals surface area contributed by atoms with Crippen LogP contribution in [0.25, 0.3) is 0 Å². The predicted octanol–water partition coefficient (Wildman–Crippen LogP) is 3.48. The van der Waals surface area contributed by atoms with Gasteiger partial charge in [-0.15, -0.1) is 0 Å². The molecule has 0 fully saturated rings. The highest BCUT2D eigenvalue weighted by Gasteiger charge is 2.16. The molecule has 0 saturated carbocycles. The van der Waals surface area contributed by atoms with Crippen LogP contribution in [0.3, 0.4) is 0 Å². The second-order valence-electron chi connectivity index (χ2n) is 5.48. The van der Waals surface area contributed by atoms with Crippen molar-refractivity contribution in [2.24, 2.45) is 7.05 Å². The van der Waals surface area contributed by atoms with Crippen LogP contribution in [0.1, 0.15) is 41.9 Å². The van der Waals surface area contributed by atoms with Crippen LogP contribution >= 0.6 is 15.9 Å². The van der Waals surface area contributed by atoms with Gasteiger partial charge in [-0.1, -0.05) is 35.0 Å². The molecule has 4 nitrogen and oxygen atoms in total. The number of aryl methyl sites for hydroxylation is 3. The highest BCUT2D eigenvalue weighted by molar-refractivity contribution is 9.10. The van der Waals surface area contributed by atoms with Crippen molar-refractivity contribution in [2.45, 2.75) is 39.7 Å². The first-order chi connectivity index (χ1) is 10.0. The second-order valence-corrected chi connectivity index (χ2v) is 6.27. The van der Waals surface area contributed by atoms with Gasteiger partial charge in [0.15, 0.2) is 0 Å². The maximum Gasteiger partial charge on any atom is 0.138 e. The summed E-state index contributed by atoms with van der Waals surface area (Å²) >= 11 is 3.64. The van der Waals surface area contributed by atoms with Gasteiger partial charge >= 0.3 is 0 Å². The number of hydrogen-bond donors (Lipinski definition) is 1. The third-order valence-electron chi connectivity index (χ3n) is 3.69. The number of halogens is 1. The molecule has 1 N–H and O–H groups in total. The van der Waals surface area contributed by atoms with Gasteiger partial charge in [-0.25, -0.2) is 4.98 Å². The summed E-state index contributed by atoms with van der Waals surface area (Å²) in [6.45, 7) is 7.46. The molecule has 0 spiro atoms. The Balaban J connectivity index is 2.29. The van der Waals surface area contributed by atoms with Gasteiger partial charge in [0.25, 0.3) is 0 Å². The quantitative estimate of drug-likeness (QED) is 0.867. The fraction of sp³-hybridized carbons (Fsp3) is 0.500. The summed E-state index contributed by atoms with van der Waals surface area (Å²) in [5.41, 5.74) is 3.85. The molecule has 0 aliphatic rings. The van der Waals surface area contributed by atoms with E-state index in [1.807, 2.05) is 11.7 Å². The van der Waals surface area contributed by atoms with Crippen molar-refractivity contribution in [3.05, 3.63) is 45.4 Å². The number of benzene rings is 1. The molecule has 1 unspecified atom stereocenters. The van der Waals surface area contributed by atoms with Crippen LogP contribution in [0, 0.1) is 13.8 Å². The summed E-state index contributed by atoms with van der Waals surface area (Å²) in [4.78, 5) is 4.35. The molecule has 21 heavy (non-hydrogen) atoms. The Morgan fingerprint density at radius 2 is 1.95 bits per heavy atom. The molecule has 0 amide bonds. The third-order valence-corrected chi connectivity index (χ3v) is 4.94. The average molecular weight is 351 g/mol. The van der Waals surface area contributed by atoms with Crippen LogP contribution in [0.4, 0.5) is 0 Å². The maximum atomic E-state index is 4.35. The van der Waals surface area contributed by atoms with E-state index in [0.717, 1.165) is 25.2 Å². The van der Waals surface area contributed by atoms with Gasteiger partial charge in [-0.05, 0) is 43.5 Å². The zero-order valence-corrected chi connectivity index (χ0v) is 14.7. The van der Waals surface area contributed by atoms with Crippen LogP contribution in [-0.4, -0.2) is 21.3 Å². The first kappa shape index (κ1) is 16.2. The van der Waals surface area contributed by atoms with Crippen molar-refractivity contribution in [1.29, 1.82) is 0 Å². The number of aromatic nitrogens is 3. The molecule has 1 atom stereocenters. The first-order valence-corrected chi connectivity index (χ1v) is 8.15. The van der Waals surface area contributed by atoms with Crippen molar-refractivity contribution >= 4 is 15.9 Å². The van der Waals surface area contributed by atoms with Gasteiger partial charge in [0.2, 0.25) is 0 Å². The Bertz CT molecular complexity index is 583. The van der Waals surface area contributed by atoms with Crippen LogP contribution < -0.4 is 5.32 Å². The molecular weight excluding hydrogens is 328 g/mol. The average Bonchev–Trinajstić information content (AvgIpc) is 2.85. The van der Waals surface area contributed by atoms with E-state index < -0.39 is 0 Å². The van der Waals surface area contributed by atoms with Gasteiger partial charge in [0.1, 0.15) is 12.2 Å². The lowest BCUT2D eigenvalue weighted by Gasteiger charge is -2.20. The summed E-state index contributed by atoms with van der Waals surface area (Å²) < 4.78 is 3.04. The van der Waals surface area contributed by atoms with Crippen LogP contribution in [0.15, 0.2) is 22.9 Å². The second kappa shape index (κ2) is 7.18. The highest BCUT2D eigenvalue weighted by atomic mass is 79.9. The highest BCUT2D eigenvalue weighted by Crippen LogP contribution is 2.27. The third kappa shape index (κ3) is 3.92. The minimum atomic E-state index is 0.262. The Kier molecular flexibility index (Phi) is 5.53. The van der Waals surface area contributed by atoms with E-state index in [9.17, 15) is 0 Å². The van der Waals surface area contributed by atoms with Gasteiger partial charge < -0.3 is 5.32 Å². The predicted molar refractivity (Wildman–Crippen MR) is 89.4 cm³/mol. The minimum Gasteiger partial charge on any atom is -0.310 e. The van der Waals surface area contributed by atoms with Crippen molar-refractivity contribution in [3.8, 4) is 0 Å². The molecule has 0 aliphatic carbocycles. The molecule has 0 radical (unpaired) electrons. The monoisotopic (exact) mass is 350 g/mol. The summed E-state index contributed by atoms with van der Waals surface area (Å²) in [5, 5.41) is 7.79. The van der Waals surface area contributed by atoms with Gasteiger partial charge in [0, 0.05) is 24.0 Å². The number of nitrogens with zero attached hydrogens (tertiary/aromatic N) is 3. The molecule has 2 aromatic rings. The Morgan fingerprint density at radius 1 is 1.29 bits per heavy atom. The Hall–Kier alpha value is -1.20. The van der Waals surface area contributed by atoms with Gasteiger partial charge in [-0.3, -0.25) is 4.68 Å². The molecule has 0 bridgehead atoms. The summed E-state index contributed by atoms with van der Waals surface area (Å²) in [6, 6.07) is 4.76. The summed E-state index contributed by atoms with van der Waals surface area (Å²) in [7, 11) is 1.94. The molecule has 1 heterocycles. The summed E-state index contributed by atoms with van der Waals surface area (Å²) in [5.74, 6) is 1.00. The SMILES string of the molecule is CCCNC(Cc1ncnn1C)c1cc(C)c(Br)c(C)c1. The van der Waals surface area contributed by atoms with Gasteiger partial charge in [0.05, 0.1) is 0 Å². The zero-order chi connectivity index (χ0) is 15.4. The number of hydrogen-bond acceptors (Lipinski definition) is 3. The van der Waals surface area contributed by atoms with Crippen LogP contribution in [0.2, 0.25) is 0 Å². The molecule has 0 aliphatic heterocycles. The van der Waals surface area contributed by atoms with E-state index in [4.69, 9.17) is 0 Å². The fourth-order valence-corrected chi connectivity index (χ4v) is 2.72. The Labute approximate surface area is 135 Å². The van der Waals surface area contributed by atoms with E-state index in [1.54, 1.807) is 6.33 Å². The maximum absolute atomic E-state index is 4.35. The van der Waals surface area contributed by atoms with Crippen molar-refractivity contribution in [1.82, 2.24) is 20.1 Å². The molecule has 114 valence electrons. The Morgan fingerprint density at radius 3 is 2.48 bits per heavy atom. The van der Waals surface area contributed by atoms with Crippen molar-refractivity contribution in [2.75, 3.05) is 6.54 Å². The number of nitrogens with one attached hydrogen (secondary N) is 1. The number of rotatable bonds is 6. The fourth-order valence-electron chi connectivity index (χ4n) is 2.49. The molecule has 0 saturated heterocycles. The topological polar surface area (TPSA) is 42.7 Å². The standard InChI is InChI=1S/C16H23BrN4/c1-5-6-18-14(9-15-19-10-20-21(15)4)13-7-11(2)16(17)12(3)8-13/h7-8,10,14,18H,5-6,9H2,1-4H3. The zero-order valence-electron chi connectivity index (χ0n) is 13.2. The van der Waals surface area contributed by atoms with Crippen molar-refractivity contribution in [3.63, 3.8) is 0 Å². The smallest absolute Gasteiger partial charge is 0.138 e. The van der Waals surface area contributed by atoms with E-state index >= 15 is 0 Å². The lowest BCUT2D eigenvalue weighted by Crippen LogP contribution is -2.25. The molecule has 2 rings (SSSR count). The van der Waals surface area contributed by atoms with E-state index in [-0.39, 0.29) is 6.04 Å². The lowest BCUT2D eigenvalue weighted by molar-refractivity contribution is 0.506. The summed E-state index contributed by atoms with van der Waals surface area (Å²) in [6.07, 6.45) is 3.57. The first-order valence-electron chi connectivity index (χ1n) is 7.35. The van der Waals surface area contributed by atoms with Gasteiger partial charge in [-0.2, -0.15) is 5.10 Å². The van der Waals surface area contributed by atoms with Crippen molar-refractivity contribution < 1.29 is 0 Å². The van der Waals surface area contributed by atoms with Crippen LogP contribution in [0.5, 0.6) is 0 Å². The lowest BCUT2D eigenvalue weighted by atomic mass is 9.98. The molecule has 1 aromatic heterocycles. The van der Waals surface area contributed by atoms with E-state index in [1.165, 1.54) is 21.2 Å². The largest absolute Gasteiger partial charge is 0.310 e. The molecular formula is C16H23BrN4. The van der Waals surface area contributed by atoms with E-state index in [0.29, 0.717) is 0 Å². The normalized spacial score (nSPS) is 12.6. The molecule has 5 heteroatoms. The minimum absolute atomic E-state index is 0.262. The van der Waals surface area contributed by atoms with E-state index in [2.05, 4.69) is 64.2 Å². The van der Waals surface area contributed by atoms with Crippen LogP contribution in [-0.2, 0) is 13.5 Å².